The fourth-order valence-corrected chi connectivity index (χ4v) is 1.68. The summed E-state index contributed by atoms with van der Waals surface area (Å²) in [7, 11) is -4.64. The van der Waals surface area contributed by atoms with Crippen molar-refractivity contribution in [3.63, 3.8) is 0 Å². The van der Waals surface area contributed by atoms with E-state index in [4.69, 9.17) is 19.2 Å². The van der Waals surface area contributed by atoms with Crippen LogP contribution in [0.4, 0.5) is 26.3 Å². The van der Waals surface area contributed by atoms with Crippen molar-refractivity contribution in [1.82, 2.24) is 4.98 Å². The second-order valence-electron chi connectivity index (χ2n) is 4.35. The number of hydrogen-bond donors (Lipinski definition) is 3. The summed E-state index contributed by atoms with van der Waals surface area (Å²) in [6.45, 7) is 1.56. The Morgan fingerprint density at radius 2 is 1.48 bits per heavy atom. The topological polar surface area (TPSA) is 90.7 Å². The van der Waals surface area contributed by atoms with E-state index in [2.05, 4.69) is 4.98 Å². The minimum absolute atomic E-state index is 0.0640. The molecule has 0 saturated carbocycles. The molecule has 23 heavy (non-hydrogen) atoms. The third kappa shape index (κ3) is 12.0. The Balaban J connectivity index is 0.000000841. The Morgan fingerprint density at radius 1 is 1.04 bits per heavy atom. The van der Waals surface area contributed by atoms with Crippen LogP contribution in [0.15, 0.2) is 12.3 Å². The molecule has 3 N–H and O–H groups in total. The molecule has 0 spiro atoms. The average molecular weight is 369 g/mol. The van der Waals surface area contributed by atoms with E-state index in [0.29, 0.717) is 0 Å². The predicted octanol–water partition coefficient (Wildman–Crippen LogP) is 2.93. The van der Waals surface area contributed by atoms with Gasteiger partial charge in [-0.1, -0.05) is 6.92 Å². The normalized spacial score (nSPS) is 12.6. The molecule has 0 aliphatic carbocycles. The summed E-state index contributed by atoms with van der Waals surface area (Å²) in [5.41, 5.74) is -0.648. The summed E-state index contributed by atoms with van der Waals surface area (Å²) in [6.07, 6.45) is -10.6. The van der Waals surface area contributed by atoms with E-state index in [9.17, 15) is 26.3 Å². The lowest BCUT2D eigenvalue weighted by molar-refractivity contribution is -0.132. The highest BCUT2D eigenvalue weighted by Gasteiger charge is 2.34. The lowest BCUT2D eigenvalue weighted by atomic mass is 9.99. The summed E-state index contributed by atoms with van der Waals surface area (Å²) in [5.74, 6) is 0. The molecule has 0 amide bonds. The maximum absolute atomic E-state index is 12.4. The maximum atomic E-state index is 12.4. The Bertz CT molecular complexity index is 546. The van der Waals surface area contributed by atoms with Gasteiger partial charge in [-0.05, 0) is 23.6 Å². The number of halogens is 6. The Hall–Kier alpha value is -1.16. The van der Waals surface area contributed by atoms with Crippen LogP contribution in [0.25, 0.3) is 0 Å². The van der Waals surface area contributed by atoms with Crippen molar-refractivity contribution in [3.05, 3.63) is 29.1 Å². The number of phosphoric acid groups is 1. The molecule has 1 aromatic rings. The SMILES string of the molecule is CCc1nccc(CC(F)(F)F)c1CC(F)(F)F.O=P(O)(O)O. The van der Waals surface area contributed by atoms with Crippen molar-refractivity contribution in [3.8, 4) is 0 Å². The number of rotatable bonds is 3. The summed E-state index contributed by atoms with van der Waals surface area (Å²) in [5, 5.41) is 0. The van der Waals surface area contributed by atoms with Crippen LogP contribution in [0.5, 0.6) is 0 Å². The lowest BCUT2D eigenvalue weighted by Crippen LogP contribution is -2.19. The van der Waals surface area contributed by atoms with E-state index in [1.165, 1.54) is 0 Å². The van der Waals surface area contributed by atoms with E-state index >= 15 is 0 Å². The highest BCUT2D eigenvalue weighted by Crippen LogP contribution is 2.29. The number of aromatic nitrogens is 1. The third-order valence-corrected chi connectivity index (χ3v) is 2.35. The molecule has 0 radical (unpaired) electrons. The summed E-state index contributed by atoms with van der Waals surface area (Å²) >= 11 is 0. The van der Waals surface area contributed by atoms with Crippen molar-refractivity contribution < 1.29 is 45.6 Å². The summed E-state index contributed by atoms with van der Waals surface area (Å²) in [4.78, 5) is 25.3. The zero-order valence-corrected chi connectivity index (χ0v) is 12.6. The van der Waals surface area contributed by atoms with Crippen LogP contribution >= 0.6 is 7.82 Å². The van der Waals surface area contributed by atoms with Gasteiger partial charge in [0.15, 0.2) is 0 Å². The number of alkyl halides is 6. The standard InChI is InChI=1S/C11H11F6N.H3O4P/c1-2-9-8(6-11(15,16)17)7(3-4-18-9)5-10(12,13)14;1-5(2,3)4/h3-4H,2,5-6H2,1H3;(H3,1,2,3,4). The maximum Gasteiger partial charge on any atom is 0.466 e. The van der Waals surface area contributed by atoms with Gasteiger partial charge < -0.3 is 14.7 Å². The van der Waals surface area contributed by atoms with Crippen LogP contribution in [-0.4, -0.2) is 32.0 Å². The molecule has 0 saturated heterocycles. The first-order valence-electron chi connectivity index (χ1n) is 6.00. The van der Waals surface area contributed by atoms with Crippen LogP contribution in [0.1, 0.15) is 23.7 Å². The molecule has 0 aliphatic heterocycles. The zero-order valence-electron chi connectivity index (χ0n) is 11.7. The van der Waals surface area contributed by atoms with Crippen molar-refractivity contribution in [1.29, 1.82) is 0 Å². The smallest absolute Gasteiger partial charge is 0.303 e. The molecule has 12 heteroatoms. The molecule has 1 rings (SSSR count). The van der Waals surface area contributed by atoms with Gasteiger partial charge in [0.25, 0.3) is 0 Å². The largest absolute Gasteiger partial charge is 0.466 e. The fourth-order valence-electron chi connectivity index (χ4n) is 1.68. The lowest BCUT2D eigenvalue weighted by Gasteiger charge is -2.16. The van der Waals surface area contributed by atoms with E-state index < -0.39 is 33.0 Å². The molecule has 0 aliphatic rings. The minimum atomic E-state index is -4.64. The van der Waals surface area contributed by atoms with Crippen molar-refractivity contribution >= 4 is 7.82 Å². The van der Waals surface area contributed by atoms with Gasteiger partial charge in [-0.3, -0.25) is 4.98 Å². The second-order valence-corrected chi connectivity index (χ2v) is 5.37. The van der Waals surface area contributed by atoms with Gasteiger partial charge in [0.1, 0.15) is 0 Å². The molecule has 5 nitrogen and oxygen atoms in total. The van der Waals surface area contributed by atoms with Crippen LogP contribution in [0.3, 0.4) is 0 Å². The Labute approximate surface area is 127 Å². The minimum Gasteiger partial charge on any atom is -0.303 e. The molecule has 1 aromatic heterocycles. The molecule has 0 unspecified atom stereocenters. The van der Waals surface area contributed by atoms with Crippen LogP contribution < -0.4 is 0 Å². The monoisotopic (exact) mass is 369 g/mol. The van der Waals surface area contributed by atoms with Crippen LogP contribution in [-0.2, 0) is 23.8 Å². The van der Waals surface area contributed by atoms with Crippen molar-refractivity contribution in [2.24, 2.45) is 0 Å². The van der Waals surface area contributed by atoms with Crippen molar-refractivity contribution in [2.45, 2.75) is 38.5 Å². The highest BCUT2D eigenvalue weighted by atomic mass is 31.2. The van der Waals surface area contributed by atoms with Gasteiger partial charge in [0.05, 0.1) is 12.8 Å². The third-order valence-electron chi connectivity index (χ3n) is 2.35. The molecule has 0 aromatic carbocycles. The second kappa shape index (κ2) is 8.09. The first kappa shape index (κ1) is 21.8. The Morgan fingerprint density at radius 3 is 1.83 bits per heavy atom. The number of pyridine rings is 1. The molecule has 0 fully saturated rings. The van der Waals surface area contributed by atoms with E-state index in [1.54, 1.807) is 6.92 Å². The first-order valence-corrected chi connectivity index (χ1v) is 7.56. The van der Waals surface area contributed by atoms with Gasteiger partial charge in [0.2, 0.25) is 0 Å². The van der Waals surface area contributed by atoms with Gasteiger partial charge in [-0.25, -0.2) is 4.57 Å². The van der Waals surface area contributed by atoms with Crippen molar-refractivity contribution in [2.75, 3.05) is 0 Å². The summed E-state index contributed by atoms with van der Waals surface area (Å²) in [6, 6.07) is 0.994. The number of hydrogen-bond acceptors (Lipinski definition) is 2. The quantitative estimate of drug-likeness (QED) is 0.563. The highest BCUT2D eigenvalue weighted by molar-refractivity contribution is 7.45. The van der Waals surface area contributed by atoms with Gasteiger partial charge in [0, 0.05) is 11.9 Å². The van der Waals surface area contributed by atoms with E-state index in [-0.39, 0.29) is 23.2 Å². The Kier molecular flexibility index (Phi) is 7.68. The number of aryl methyl sites for hydroxylation is 1. The fraction of sp³-hybridized carbons (Fsp3) is 0.545. The zero-order chi connectivity index (χ0) is 18.5. The van der Waals surface area contributed by atoms with Gasteiger partial charge in [-0.15, -0.1) is 0 Å². The average Bonchev–Trinajstić information content (AvgIpc) is 2.25. The molecule has 0 bridgehead atoms. The van der Waals surface area contributed by atoms with E-state index in [1.807, 2.05) is 0 Å². The number of nitrogens with zero attached hydrogens (tertiary/aromatic N) is 1. The molecular weight excluding hydrogens is 355 g/mol. The summed E-state index contributed by atoms with van der Waals surface area (Å²) < 4.78 is 82.8. The van der Waals surface area contributed by atoms with Gasteiger partial charge in [-0.2, -0.15) is 26.3 Å². The molecule has 1 heterocycles. The van der Waals surface area contributed by atoms with E-state index in [0.717, 1.165) is 12.3 Å². The molecule has 0 atom stereocenters. The molecular formula is C11H14F6NO4P. The first-order chi connectivity index (χ1) is 10.1. The predicted molar refractivity (Wildman–Crippen MR) is 67.4 cm³/mol. The van der Waals surface area contributed by atoms with Crippen LogP contribution in [0.2, 0.25) is 0 Å². The van der Waals surface area contributed by atoms with Crippen LogP contribution in [0, 0.1) is 0 Å². The molecule has 134 valence electrons. The van der Waals surface area contributed by atoms with Gasteiger partial charge >= 0.3 is 20.2 Å².